The zero-order valence-electron chi connectivity index (χ0n) is 9.91. The number of anilines is 1. The summed E-state index contributed by atoms with van der Waals surface area (Å²) in [5.74, 6) is 0. The van der Waals surface area contributed by atoms with Gasteiger partial charge in [0.15, 0.2) is 0 Å². The Bertz CT molecular complexity index is 584. The fourth-order valence-corrected chi connectivity index (χ4v) is 2.80. The molecule has 0 aliphatic carbocycles. The van der Waals surface area contributed by atoms with E-state index in [0.29, 0.717) is 27.7 Å². The molecule has 5 heteroatoms. The predicted octanol–water partition coefficient (Wildman–Crippen LogP) is 4.61. The van der Waals surface area contributed by atoms with E-state index in [2.05, 4.69) is 15.9 Å². The van der Waals surface area contributed by atoms with Crippen LogP contribution in [0.3, 0.4) is 0 Å². The normalized spacial score (nSPS) is 12.4. The van der Waals surface area contributed by atoms with Crippen LogP contribution in [0.15, 0.2) is 40.9 Å². The lowest BCUT2D eigenvalue weighted by Crippen LogP contribution is -2.06. The molecule has 0 heterocycles. The first-order valence-electron chi connectivity index (χ1n) is 5.65. The van der Waals surface area contributed by atoms with Crippen molar-refractivity contribution < 1.29 is 5.11 Å². The van der Waals surface area contributed by atoms with Gasteiger partial charge >= 0.3 is 0 Å². The van der Waals surface area contributed by atoms with E-state index in [1.807, 2.05) is 6.07 Å². The molecule has 1 unspecified atom stereocenters. The molecule has 2 nitrogen and oxygen atoms in total. The van der Waals surface area contributed by atoms with Crippen LogP contribution >= 0.6 is 39.1 Å². The Morgan fingerprint density at radius 1 is 1.16 bits per heavy atom. The van der Waals surface area contributed by atoms with Gasteiger partial charge in [0, 0.05) is 32.2 Å². The zero-order chi connectivity index (χ0) is 14.0. The Hall–Kier alpha value is -0.740. The Labute approximate surface area is 130 Å². The summed E-state index contributed by atoms with van der Waals surface area (Å²) in [5.41, 5.74) is 7.79. The lowest BCUT2D eigenvalue weighted by molar-refractivity contribution is 0.179. The Kier molecular flexibility index (Phi) is 4.74. The summed E-state index contributed by atoms with van der Waals surface area (Å²) in [7, 11) is 0. The number of aliphatic hydroxyl groups excluding tert-OH is 1. The zero-order valence-corrected chi connectivity index (χ0v) is 13.0. The lowest BCUT2D eigenvalue weighted by Gasteiger charge is -2.15. The molecule has 0 fully saturated rings. The first-order chi connectivity index (χ1) is 8.99. The summed E-state index contributed by atoms with van der Waals surface area (Å²) in [4.78, 5) is 0. The number of hydrogen-bond donors (Lipinski definition) is 2. The SMILES string of the molecule is Nc1ccc(Br)cc1C(O)Cc1c(Cl)cccc1Cl. The third-order valence-corrected chi connectivity index (χ3v) is 4.07. The highest BCUT2D eigenvalue weighted by atomic mass is 79.9. The Morgan fingerprint density at radius 3 is 2.42 bits per heavy atom. The molecule has 2 aromatic rings. The van der Waals surface area contributed by atoms with Crippen molar-refractivity contribution in [2.24, 2.45) is 0 Å². The minimum atomic E-state index is -0.755. The summed E-state index contributed by atoms with van der Waals surface area (Å²) in [6.45, 7) is 0. The van der Waals surface area contributed by atoms with Gasteiger partial charge in [-0.1, -0.05) is 45.2 Å². The van der Waals surface area contributed by atoms with Crippen LogP contribution in [0.5, 0.6) is 0 Å². The maximum absolute atomic E-state index is 10.3. The van der Waals surface area contributed by atoms with E-state index >= 15 is 0 Å². The number of hydrogen-bond acceptors (Lipinski definition) is 2. The average Bonchev–Trinajstić information content (AvgIpc) is 2.37. The van der Waals surface area contributed by atoms with Crippen LogP contribution in [0.25, 0.3) is 0 Å². The highest BCUT2D eigenvalue weighted by Crippen LogP contribution is 2.32. The second-order valence-corrected chi connectivity index (χ2v) is 5.92. The van der Waals surface area contributed by atoms with Crippen LogP contribution in [-0.2, 0) is 6.42 Å². The summed E-state index contributed by atoms with van der Waals surface area (Å²) in [5, 5.41) is 11.4. The van der Waals surface area contributed by atoms with Gasteiger partial charge in [0.2, 0.25) is 0 Å². The molecule has 0 amide bonds. The fourth-order valence-electron chi connectivity index (χ4n) is 1.86. The van der Waals surface area contributed by atoms with Crippen LogP contribution < -0.4 is 5.73 Å². The van der Waals surface area contributed by atoms with Gasteiger partial charge in [-0.2, -0.15) is 0 Å². The number of nitrogen functional groups attached to an aromatic ring is 1. The van der Waals surface area contributed by atoms with Crippen LogP contribution in [-0.4, -0.2) is 5.11 Å². The van der Waals surface area contributed by atoms with Gasteiger partial charge < -0.3 is 10.8 Å². The minimum Gasteiger partial charge on any atom is -0.398 e. The van der Waals surface area contributed by atoms with Gasteiger partial charge in [0.25, 0.3) is 0 Å². The van der Waals surface area contributed by atoms with Crippen molar-refractivity contribution in [3.63, 3.8) is 0 Å². The molecule has 0 saturated heterocycles. The minimum absolute atomic E-state index is 0.319. The van der Waals surface area contributed by atoms with Crippen molar-refractivity contribution in [1.82, 2.24) is 0 Å². The van der Waals surface area contributed by atoms with Gasteiger partial charge in [0.05, 0.1) is 6.10 Å². The molecule has 0 bridgehead atoms. The number of aliphatic hydroxyl groups is 1. The maximum atomic E-state index is 10.3. The van der Waals surface area contributed by atoms with E-state index in [1.165, 1.54) is 0 Å². The van der Waals surface area contributed by atoms with Crippen molar-refractivity contribution in [2.45, 2.75) is 12.5 Å². The molecule has 2 rings (SSSR count). The number of nitrogens with two attached hydrogens (primary N) is 1. The van der Waals surface area contributed by atoms with Crippen LogP contribution in [0.4, 0.5) is 5.69 Å². The summed E-state index contributed by atoms with van der Waals surface area (Å²) < 4.78 is 0.862. The molecular weight excluding hydrogens is 349 g/mol. The van der Waals surface area contributed by atoms with E-state index in [4.69, 9.17) is 28.9 Å². The van der Waals surface area contributed by atoms with E-state index in [9.17, 15) is 5.11 Å². The molecule has 0 aromatic heterocycles. The standard InChI is InChI=1S/C14H12BrCl2NO/c15-8-4-5-13(18)10(6-8)14(19)7-9-11(16)2-1-3-12(9)17/h1-6,14,19H,7,18H2. The molecule has 3 N–H and O–H groups in total. The molecular formula is C14H12BrCl2NO. The summed E-state index contributed by atoms with van der Waals surface area (Å²) >= 11 is 15.6. The average molecular weight is 361 g/mol. The third-order valence-electron chi connectivity index (χ3n) is 2.87. The molecule has 1 atom stereocenters. The molecule has 19 heavy (non-hydrogen) atoms. The van der Waals surface area contributed by atoms with E-state index in [0.717, 1.165) is 10.0 Å². The molecule has 0 radical (unpaired) electrons. The van der Waals surface area contributed by atoms with Crippen LogP contribution in [0.1, 0.15) is 17.2 Å². The molecule has 0 aliphatic heterocycles. The molecule has 0 aliphatic rings. The van der Waals surface area contributed by atoms with E-state index < -0.39 is 6.10 Å². The lowest BCUT2D eigenvalue weighted by atomic mass is 10.00. The van der Waals surface area contributed by atoms with Crippen molar-refractivity contribution >= 4 is 44.8 Å². The highest BCUT2D eigenvalue weighted by Gasteiger charge is 2.16. The van der Waals surface area contributed by atoms with Crippen molar-refractivity contribution in [2.75, 3.05) is 5.73 Å². The van der Waals surface area contributed by atoms with E-state index in [1.54, 1.807) is 30.3 Å². The van der Waals surface area contributed by atoms with Crippen LogP contribution in [0, 0.1) is 0 Å². The van der Waals surface area contributed by atoms with Crippen molar-refractivity contribution in [3.8, 4) is 0 Å². The first kappa shape index (κ1) is 14.7. The quantitative estimate of drug-likeness (QED) is 0.785. The molecule has 0 spiro atoms. The maximum Gasteiger partial charge on any atom is 0.0851 e. The predicted molar refractivity (Wildman–Crippen MR) is 83.7 cm³/mol. The number of rotatable bonds is 3. The molecule has 2 aromatic carbocycles. The monoisotopic (exact) mass is 359 g/mol. The third kappa shape index (κ3) is 3.42. The van der Waals surface area contributed by atoms with Gasteiger partial charge in [0.1, 0.15) is 0 Å². The number of benzene rings is 2. The Morgan fingerprint density at radius 2 is 1.79 bits per heavy atom. The van der Waals surface area contributed by atoms with Crippen LogP contribution in [0.2, 0.25) is 10.0 Å². The topological polar surface area (TPSA) is 46.2 Å². The largest absolute Gasteiger partial charge is 0.398 e. The molecule has 100 valence electrons. The van der Waals surface area contributed by atoms with Gasteiger partial charge in [-0.3, -0.25) is 0 Å². The van der Waals surface area contributed by atoms with Gasteiger partial charge in [-0.15, -0.1) is 0 Å². The highest BCUT2D eigenvalue weighted by molar-refractivity contribution is 9.10. The van der Waals surface area contributed by atoms with Gasteiger partial charge in [-0.05, 0) is 35.9 Å². The van der Waals surface area contributed by atoms with Gasteiger partial charge in [-0.25, -0.2) is 0 Å². The van der Waals surface area contributed by atoms with Crippen molar-refractivity contribution in [3.05, 3.63) is 62.0 Å². The van der Waals surface area contributed by atoms with Crippen molar-refractivity contribution in [1.29, 1.82) is 0 Å². The first-order valence-corrected chi connectivity index (χ1v) is 7.20. The molecule has 0 saturated carbocycles. The smallest absolute Gasteiger partial charge is 0.0851 e. The Balaban J connectivity index is 2.31. The second-order valence-electron chi connectivity index (χ2n) is 4.19. The number of halogens is 3. The fraction of sp³-hybridized carbons (Fsp3) is 0.143. The summed E-state index contributed by atoms with van der Waals surface area (Å²) in [6, 6.07) is 10.6. The van der Waals surface area contributed by atoms with E-state index in [-0.39, 0.29) is 0 Å². The summed E-state index contributed by atoms with van der Waals surface area (Å²) in [6.07, 6.45) is -0.436. The second kappa shape index (κ2) is 6.14.